The first-order valence-corrected chi connectivity index (χ1v) is 8.70. The maximum atomic E-state index is 11.9. The number of carbonyl (C=O) groups excluding carboxylic acids is 1. The van der Waals surface area contributed by atoms with Crippen LogP contribution >= 0.6 is 23.2 Å². The van der Waals surface area contributed by atoms with Gasteiger partial charge in [0.15, 0.2) is 18.1 Å². The number of benzene rings is 2. The largest absolute Gasteiger partial charge is 0.486 e. The first kappa shape index (κ1) is 18.6. The summed E-state index contributed by atoms with van der Waals surface area (Å²) in [5.74, 6) is 1.20. The second kappa shape index (κ2) is 8.49. The first-order valence-electron chi connectivity index (χ1n) is 7.95. The number of ether oxygens (including phenoxy) is 3. The van der Waals surface area contributed by atoms with Crippen LogP contribution in [0, 0.1) is 0 Å². The van der Waals surface area contributed by atoms with E-state index < -0.39 is 6.10 Å². The Bertz CT molecular complexity index is 799. The lowest BCUT2D eigenvalue weighted by molar-refractivity contribution is -0.123. The van der Waals surface area contributed by atoms with Gasteiger partial charge in [-0.2, -0.15) is 0 Å². The van der Waals surface area contributed by atoms with Crippen molar-refractivity contribution < 1.29 is 24.1 Å². The van der Waals surface area contributed by atoms with Gasteiger partial charge in [-0.1, -0.05) is 29.3 Å². The average Bonchev–Trinajstić information content (AvgIpc) is 2.65. The molecule has 0 bridgehead atoms. The molecule has 0 aromatic heterocycles. The zero-order chi connectivity index (χ0) is 18.5. The average molecular weight is 398 g/mol. The van der Waals surface area contributed by atoms with Gasteiger partial charge in [-0.05, 0) is 35.9 Å². The Hall–Kier alpha value is -2.15. The van der Waals surface area contributed by atoms with Crippen molar-refractivity contribution in [3.05, 3.63) is 52.0 Å². The lowest BCUT2D eigenvalue weighted by Crippen LogP contribution is -2.32. The van der Waals surface area contributed by atoms with Crippen molar-refractivity contribution >= 4 is 29.1 Å². The van der Waals surface area contributed by atoms with E-state index in [-0.39, 0.29) is 19.1 Å². The number of hydrogen-bond acceptors (Lipinski definition) is 5. The Morgan fingerprint density at radius 1 is 1.15 bits per heavy atom. The second-order valence-electron chi connectivity index (χ2n) is 5.59. The summed E-state index contributed by atoms with van der Waals surface area (Å²) in [5, 5.41) is 13.7. The summed E-state index contributed by atoms with van der Waals surface area (Å²) in [6.07, 6.45) is -0.881. The van der Waals surface area contributed by atoms with Gasteiger partial charge in [0.05, 0.1) is 11.1 Å². The van der Waals surface area contributed by atoms with E-state index in [9.17, 15) is 9.90 Å². The Labute approximate surface area is 160 Å². The van der Waals surface area contributed by atoms with Crippen molar-refractivity contribution in [3.8, 4) is 17.2 Å². The third kappa shape index (κ3) is 4.72. The summed E-state index contributed by atoms with van der Waals surface area (Å²) in [6, 6.07) is 9.90. The van der Waals surface area contributed by atoms with Gasteiger partial charge in [0.25, 0.3) is 5.91 Å². The van der Waals surface area contributed by atoms with Gasteiger partial charge < -0.3 is 24.6 Å². The number of nitrogens with one attached hydrogen (secondary N) is 1. The molecular weight excluding hydrogens is 381 g/mol. The van der Waals surface area contributed by atoms with Crippen LogP contribution in [-0.4, -0.2) is 37.4 Å². The number of rotatable bonds is 6. The Morgan fingerprint density at radius 2 is 1.92 bits per heavy atom. The van der Waals surface area contributed by atoms with Crippen LogP contribution < -0.4 is 19.5 Å². The van der Waals surface area contributed by atoms with E-state index in [4.69, 9.17) is 37.4 Å². The molecule has 0 unspecified atom stereocenters. The molecule has 1 atom stereocenters. The van der Waals surface area contributed by atoms with Crippen LogP contribution in [0.3, 0.4) is 0 Å². The molecule has 0 fully saturated rings. The van der Waals surface area contributed by atoms with E-state index in [2.05, 4.69) is 5.32 Å². The molecule has 2 aromatic rings. The molecule has 1 aliphatic heterocycles. The molecule has 0 saturated carbocycles. The quantitative estimate of drug-likeness (QED) is 0.783. The highest BCUT2D eigenvalue weighted by molar-refractivity contribution is 6.35. The topological polar surface area (TPSA) is 77.0 Å². The summed E-state index contributed by atoms with van der Waals surface area (Å²) in [4.78, 5) is 11.9. The zero-order valence-corrected chi connectivity index (χ0v) is 15.2. The van der Waals surface area contributed by atoms with E-state index in [1.807, 2.05) is 0 Å². The number of carbonyl (C=O) groups is 1. The molecule has 3 rings (SSSR count). The number of hydrogen-bond donors (Lipinski definition) is 2. The third-order valence-corrected chi connectivity index (χ3v) is 4.23. The van der Waals surface area contributed by atoms with Crippen LogP contribution in [0.5, 0.6) is 17.2 Å². The van der Waals surface area contributed by atoms with Gasteiger partial charge in [0.2, 0.25) is 0 Å². The molecule has 6 nitrogen and oxygen atoms in total. The Kier molecular flexibility index (Phi) is 6.08. The minimum atomic E-state index is -0.881. The third-order valence-electron chi connectivity index (χ3n) is 3.70. The number of aliphatic hydroxyl groups excluding tert-OH is 1. The molecule has 0 spiro atoms. The lowest BCUT2D eigenvalue weighted by Gasteiger charge is -2.20. The fourth-order valence-corrected chi connectivity index (χ4v) is 2.85. The van der Waals surface area contributed by atoms with Crippen molar-refractivity contribution in [2.24, 2.45) is 0 Å². The number of fused-ring (bicyclic) bond motifs is 1. The molecule has 0 saturated heterocycles. The summed E-state index contributed by atoms with van der Waals surface area (Å²) in [5.41, 5.74) is 0.621. The highest BCUT2D eigenvalue weighted by Crippen LogP contribution is 2.32. The van der Waals surface area contributed by atoms with Gasteiger partial charge in [0, 0.05) is 11.6 Å². The predicted octanol–water partition coefficient (Wildman–Crippen LogP) is 2.99. The van der Waals surface area contributed by atoms with Crippen LogP contribution in [-0.2, 0) is 4.79 Å². The van der Waals surface area contributed by atoms with Crippen molar-refractivity contribution in [2.75, 3.05) is 26.4 Å². The summed E-state index contributed by atoms with van der Waals surface area (Å²) >= 11 is 11.8. The minimum Gasteiger partial charge on any atom is -0.486 e. The number of aliphatic hydroxyl groups is 1. The fraction of sp³-hybridized carbons (Fsp3) is 0.278. The van der Waals surface area contributed by atoms with Gasteiger partial charge in [-0.15, -0.1) is 0 Å². The maximum absolute atomic E-state index is 11.9. The number of amides is 1. The Morgan fingerprint density at radius 3 is 2.69 bits per heavy atom. The molecule has 1 aliphatic rings. The van der Waals surface area contributed by atoms with Crippen molar-refractivity contribution in [1.29, 1.82) is 0 Å². The van der Waals surface area contributed by atoms with Crippen molar-refractivity contribution in [2.45, 2.75) is 6.10 Å². The van der Waals surface area contributed by atoms with E-state index in [0.717, 1.165) is 0 Å². The molecule has 26 heavy (non-hydrogen) atoms. The van der Waals surface area contributed by atoms with Crippen molar-refractivity contribution in [3.63, 3.8) is 0 Å². The maximum Gasteiger partial charge on any atom is 0.258 e. The molecule has 0 radical (unpaired) electrons. The molecule has 1 heterocycles. The zero-order valence-electron chi connectivity index (χ0n) is 13.7. The summed E-state index contributed by atoms with van der Waals surface area (Å²) in [7, 11) is 0. The van der Waals surface area contributed by atoms with Crippen LogP contribution in [0.1, 0.15) is 11.7 Å². The fourth-order valence-electron chi connectivity index (χ4n) is 2.38. The molecule has 2 aromatic carbocycles. The van der Waals surface area contributed by atoms with Gasteiger partial charge in [-0.25, -0.2) is 0 Å². The molecular formula is C18H17Cl2NO5. The molecule has 8 heteroatoms. The molecule has 138 valence electrons. The normalized spacial score (nSPS) is 13.8. The van der Waals surface area contributed by atoms with E-state index in [1.165, 1.54) is 6.07 Å². The van der Waals surface area contributed by atoms with E-state index in [1.54, 1.807) is 30.3 Å². The summed E-state index contributed by atoms with van der Waals surface area (Å²) < 4.78 is 16.3. The highest BCUT2D eigenvalue weighted by atomic mass is 35.5. The van der Waals surface area contributed by atoms with Gasteiger partial charge >= 0.3 is 0 Å². The van der Waals surface area contributed by atoms with Crippen LogP contribution in [0.2, 0.25) is 10.0 Å². The van der Waals surface area contributed by atoms with E-state index >= 15 is 0 Å². The highest BCUT2D eigenvalue weighted by Gasteiger charge is 2.16. The van der Waals surface area contributed by atoms with Crippen LogP contribution in [0.15, 0.2) is 36.4 Å². The SMILES string of the molecule is O=C(COc1ccc(Cl)cc1Cl)NC[C@H](O)c1ccc2c(c1)OCCO2. The first-order chi connectivity index (χ1) is 12.5. The minimum absolute atomic E-state index is 0.0379. The molecule has 1 amide bonds. The second-order valence-corrected chi connectivity index (χ2v) is 6.43. The number of halogens is 2. The lowest BCUT2D eigenvalue weighted by atomic mass is 10.1. The molecule has 2 N–H and O–H groups in total. The predicted molar refractivity (Wildman–Crippen MR) is 97.4 cm³/mol. The van der Waals surface area contributed by atoms with Gasteiger partial charge in [-0.3, -0.25) is 4.79 Å². The van der Waals surface area contributed by atoms with E-state index in [0.29, 0.717) is 46.1 Å². The standard InChI is InChI=1S/C18H17Cl2NO5/c19-12-2-4-15(13(20)8-12)26-10-18(23)21-9-14(22)11-1-3-16-17(7-11)25-6-5-24-16/h1-4,7-8,14,22H,5-6,9-10H2,(H,21,23)/t14-/m0/s1. The smallest absolute Gasteiger partial charge is 0.258 e. The van der Waals surface area contributed by atoms with Gasteiger partial charge in [0.1, 0.15) is 19.0 Å². The Balaban J connectivity index is 1.49. The van der Waals surface area contributed by atoms with Crippen molar-refractivity contribution in [1.82, 2.24) is 5.32 Å². The van der Waals surface area contributed by atoms with Crippen LogP contribution in [0.4, 0.5) is 0 Å². The molecule has 0 aliphatic carbocycles. The summed E-state index contributed by atoms with van der Waals surface area (Å²) in [6.45, 7) is 0.780. The monoisotopic (exact) mass is 397 g/mol. The van der Waals surface area contributed by atoms with Crippen LogP contribution in [0.25, 0.3) is 0 Å².